The second kappa shape index (κ2) is 6.57. The predicted molar refractivity (Wildman–Crippen MR) is 65.2 cm³/mol. The smallest absolute Gasteiger partial charge is 0.148 e. The van der Waals surface area contributed by atoms with Crippen molar-refractivity contribution in [2.75, 3.05) is 38.2 Å². The maximum absolute atomic E-state index is 11.1. The van der Waals surface area contributed by atoms with Crippen LogP contribution in [0.5, 0.6) is 0 Å². The molecule has 1 heterocycles. The number of piperidine rings is 1. The highest BCUT2D eigenvalue weighted by Crippen LogP contribution is 2.20. The van der Waals surface area contributed by atoms with Crippen molar-refractivity contribution in [2.24, 2.45) is 5.92 Å². The molecular formula is C11H23NO3S. The molecule has 1 fully saturated rings. The van der Waals surface area contributed by atoms with Gasteiger partial charge in [-0.1, -0.05) is 0 Å². The lowest BCUT2D eigenvalue weighted by molar-refractivity contribution is 0.167. The van der Waals surface area contributed by atoms with Gasteiger partial charge in [0.05, 0.1) is 5.75 Å². The fourth-order valence-corrected chi connectivity index (χ4v) is 2.85. The van der Waals surface area contributed by atoms with Crippen LogP contribution in [0.15, 0.2) is 0 Å². The third-order valence-electron chi connectivity index (χ3n) is 3.15. The molecule has 96 valence electrons. The summed E-state index contributed by atoms with van der Waals surface area (Å²) in [4.78, 5) is 2.24. The van der Waals surface area contributed by atoms with Crippen molar-refractivity contribution in [3.05, 3.63) is 0 Å². The van der Waals surface area contributed by atoms with Crippen molar-refractivity contribution in [1.82, 2.24) is 4.90 Å². The number of aliphatic hydroxyl groups is 1. The number of nitrogens with zero attached hydrogens (tertiary/aromatic N) is 1. The number of hydrogen-bond acceptors (Lipinski definition) is 4. The molecule has 0 radical (unpaired) electrons. The Hall–Kier alpha value is -0.130. The Morgan fingerprint density at radius 2 is 2.19 bits per heavy atom. The maximum atomic E-state index is 11.1. The average Bonchev–Trinajstić information content (AvgIpc) is 2.23. The van der Waals surface area contributed by atoms with Gasteiger partial charge in [-0.3, -0.25) is 0 Å². The van der Waals surface area contributed by atoms with E-state index in [9.17, 15) is 8.42 Å². The van der Waals surface area contributed by atoms with Crippen LogP contribution in [0.3, 0.4) is 0 Å². The summed E-state index contributed by atoms with van der Waals surface area (Å²) >= 11 is 0. The summed E-state index contributed by atoms with van der Waals surface area (Å²) in [6.45, 7) is 2.94. The Labute approximate surface area is 98.6 Å². The van der Waals surface area contributed by atoms with Crippen molar-refractivity contribution in [3.8, 4) is 0 Å². The van der Waals surface area contributed by atoms with E-state index in [1.54, 1.807) is 0 Å². The SMILES string of the molecule is CS(=O)(=O)CCN1CCCC(CCCO)C1. The van der Waals surface area contributed by atoms with E-state index in [1.807, 2.05) is 0 Å². The molecule has 0 saturated carbocycles. The van der Waals surface area contributed by atoms with E-state index in [0.29, 0.717) is 12.5 Å². The fraction of sp³-hybridized carbons (Fsp3) is 1.00. The fourth-order valence-electron chi connectivity index (χ4n) is 2.26. The summed E-state index contributed by atoms with van der Waals surface area (Å²) in [5.74, 6) is 0.903. The molecule has 1 atom stereocenters. The van der Waals surface area contributed by atoms with Crippen LogP contribution in [0.1, 0.15) is 25.7 Å². The van der Waals surface area contributed by atoms with Gasteiger partial charge in [0.15, 0.2) is 0 Å². The Morgan fingerprint density at radius 3 is 2.81 bits per heavy atom. The predicted octanol–water partition coefficient (Wildman–Crippen LogP) is 0.515. The van der Waals surface area contributed by atoms with E-state index >= 15 is 0 Å². The van der Waals surface area contributed by atoms with Crippen molar-refractivity contribution >= 4 is 9.84 Å². The highest BCUT2D eigenvalue weighted by molar-refractivity contribution is 7.90. The van der Waals surface area contributed by atoms with Crippen LogP contribution in [0.4, 0.5) is 0 Å². The molecule has 0 aliphatic carbocycles. The second-order valence-corrected chi connectivity index (χ2v) is 7.06. The second-order valence-electron chi connectivity index (χ2n) is 4.80. The molecule has 1 aliphatic rings. The molecule has 0 bridgehead atoms. The molecule has 0 aromatic rings. The number of likely N-dealkylation sites (tertiary alicyclic amines) is 1. The molecule has 5 heteroatoms. The van der Waals surface area contributed by atoms with Gasteiger partial charge in [-0.25, -0.2) is 8.42 Å². The van der Waals surface area contributed by atoms with E-state index in [1.165, 1.54) is 12.7 Å². The van der Waals surface area contributed by atoms with Crippen LogP contribution >= 0.6 is 0 Å². The van der Waals surface area contributed by atoms with Crippen LogP contribution in [0, 0.1) is 5.92 Å². The Morgan fingerprint density at radius 1 is 1.44 bits per heavy atom. The lowest BCUT2D eigenvalue weighted by Gasteiger charge is -2.32. The van der Waals surface area contributed by atoms with E-state index < -0.39 is 9.84 Å². The zero-order valence-corrected chi connectivity index (χ0v) is 10.9. The zero-order chi connectivity index (χ0) is 12.0. The van der Waals surface area contributed by atoms with Crippen molar-refractivity contribution in [3.63, 3.8) is 0 Å². The average molecular weight is 249 g/mol. The van der Waals surface area contributed by atoms with E-state index in [0.717, 1.165) is 32.4 Å². The molecule has 16 heavy (non-hydrogen) atoms. The molecule has 1 saturated heterocycles. The molecule has 4 nitrogen and oxygen atoms in total. The number of rotatable bonds is 6. The maximum Gasteiger partial charge on any atom is 0.148 e. The standard InChI is InChI=1S/C11H23NO3S/c1-16(14,15)9-7-12-6-2-4-11(10-12)5-3-8-13/h11,13H,2-10H2,1H3. The van der Waals surface area contributed by atoms with Crippen LogP contribution < -0.4 is 0 Å². The minimum atomic E-state index is -2.84. The number of aliphatic hydroxyl groups excluding tert-OH is 1. The molecule has 1 N–H and O–H groups in total. The normalized spacial score (nSPS) is 23.5. The summed E-state index contributed by atoms with van der Waals surface area (Å²) in [5.41, 5.74) is 0. The van der Waals surface area contributed by atoms with Crippen LogP contribution in [-0.2, 0) is 9.84 Å². The monoisotopic (exact) mass is 249 g/mol. The van der Waals surface area contributed by atoms with E-state index in [-0.39, 0.29) is 12.4 Å². The molecule has 0 spiro atoms. The van der Waals surface area contributed by atoms with Gasteiger partial charge < -0.3 is 10.0 Å². The third-order valence-corrected chi connectivity index (χ3v) is 4.08. The van der Waals surface area contributed by atoms with Gasteiger partial charge in [-0.05, 0) is 38.1 Å². The summed E-state index contributed by atoms with van der Waals surface area (Å²) in [6.07, 6.45) is 5.59. The molecule has 1 aliphatic heterocycles. The van der Waals surface area contributed by atoms with Gasteiger partial charge in [0, 0.05) is 26.0 Å². The Bertz CT molecular complexity index is 290. The van der Waals surface area contributed by atoms with Crippen molar-refractivity contribution < 1.29 is 13.5 Å². The van der Waals surface area contributed by atoms with Crippen LogP contribution in [0.2, 0.25) is 0 Å². The van der Waals surface area contributed by atoms with Crippen molar-refractivity contribution in [2.45, 2.75) is 25.7 Å². The molecule has 1 rings (SSSR count). The van der Waals surface area contributed by atoms with E-state index in [4.69, 9.17) is 5.11 Å². The number of sulfone groups is 1. The first-order valence-electron chi connectivity index (χ1n) is 6.02. The van der Waals surface area contributed by atoms with Gasteiger partial charge >= 0.3 is 0 Å². The molecule has 0 amide bonds. The molecular weight excluding hydrogens is 226 g/mol. The summed E-state index contributed by atoms with van der Waals surface area (Å²) in [6, 6.07) is 0. The number of hydrogen-bond donors (Lipinski definition) is 1. The zero-order valence-electron chi connectivity index (χ0n) is 10.1. The van der Waals surface area contributed by atoms with Gasteiger partial charge in [0.1, 0.15) is 9.84 Å². The first-order valence-corrected chi connectivity index (χ1v) is 8.08. The Kier molecular flexibility index (Phi) is 5.72. The lowest BCUT2D eigenvalue weighted by Crippen LogP contribution is -2.38. The van der Waals surface area contributed by atoms with Gasteiger partial charge in [0.2, 0.25) is 0 Å². The largest absolute Gasteiger partial charge is 0.396 e. The first-order chi connectivity index (χ1) is 7.51. The first kappa shape index (κ1) is 13.9. The Balaban J connectivity index is 2.27. The highest BCUT2D eigenvalue weighted by atomic mass is 32.2. The summed E-state index contributed by atoms with van der Waals surface area (Å²) < 4.78 is 22.1. The molecule has 0 aromatic carbocycles. The summed E-state index contributed by atoms with van der Waals surface area (Å²) in [5, 5.41) is 8.78. The van der Waals surface area contributed by atoms with Crippen molar-refractivity contribution in [1.29, 1.82) is 0 Å². The van der Waals surface area contributed by atoms with Gasteiger partial charge in [0.25, 0.3) is 0 Å². The minimum absolute atomic E-state index is 0.264. The molecule has 0 aromatic heterocycles. The quantitative estimate of drug-likeness (QED) is 0.745. The van der Waals surface area contributed by atoms with Gasteiger partial charge in [-0.2, -0.15) is 0 Å². The molecule has 1 unspecified atom stereocenters. The lowest BCUT2D eigenvalue weighted by atomic mass is 9.93. The summed E-state index contributed by atoms with van der Waals surface area (Å²) in [7, 11) is -2.84. The minimum Gasteiger partial charge on any atom is -0.396 e. The van der Waals surface area contributed by atoms with Gasteiger partial charge in [-0.15, -0.1) is 0 Å². The van der Waals surface area contributed by atoms with Crippen LogP contribution in [0.25, 0.3) is 0 Å². The highest BCUT2D eigenvalue weighted by Gasteiger charge is 2.20. The topological polar surface area (TPSA) is 57.6 Å². The van der Waals surface area contributed by atoms with Crippen LogP contribution in [-0.4, -0.2) is 56.7 Å². The van der Waals surface area contributed by atoms with E-state index in [2.05, 4.69) is 4.90 Å². The third kappa shape index (κ3) is 5.82.